The van der Waals surface area contributed by atoms with E-state index in [1.165, 1.54) is 0 Å². The molecule has 4 nitrogen and oxygen atoms in total. The number of nitrogens with zero attached hydrogens (tertiary/aromatic N) is 1. The lowest BCUT2D eigenvalue weighted by molar-refractivity contribution is -0.0199. The topological polar surface area (TPSA) is 61.3 Å². The normalized spacial score (nSPS) is 17.8. The summed E-state index contributed by atoms with van der Waals surface area (Å²) in [5.41, 5.74) is 5.25. The van der Waals surface area contributed by atoms with E-state index in [9.17, 15) is 0 Å². The molecule has 0 spiro atoms. The van der Waals surface area contributed by atoms with Crippen molar-refractivity contribution >= 4 is 0 Å². The van der Waals surface area contributed by atoms with Crippen LogP contribution in [-0.2, 0) is 10.3 Å². The molecule has 1 aromatic rings. The Balaban J connectivity index is 2.95. The van der Waals surface area contributed by atoms with E-state index in [-0.39, 0.29) is 6.04 Å². The zero-order chi connectivity index (χ0) is 10.8. The molecule has 0 saturated heterocycles. The van der Waals surface area contributed by atoms with Crippen LogP contribution in [0.2, 0.25) is 0 Å². The van der Waals surface area contributed by atoms with Crippen LogP contribution < -0.4 is 5.73 Å². The fraction of sp³-hybridized carbons (Fsp3) is 0.700. The molecule has 1 rings (SSSR count). The fourth-order valence-corrected chi connectivity index (χ4v) is 1.16. The Bertz CT molecular complexity index is 290. The Morgan fingerprint density at radius 1 is 1.71 bits per heavy atom. The van der Waals surface area contributed by atoms with Gasteiger partial charge in [-0.25, -0.2) is 4.98 Å². The van der Waals surface area contributed by atoms with Gasteiger partial charge in [-0.05, 0) is 20.3 Å². The van der Waals surface area contributed by atoms with Crippen LogP contribution in [0.1, 0.15) is 44.9 Å². The molecule has 0 aromatic carbocycles. The first kappa shape index (κ1) is 11.2. The molecule has 2 N–H and O–H groups in total. The SMILES string of the molecule is CCC(C)(OC)c1cnc(C(C)N)o1. The lowest BCUT2D eigenvalue weighted by Gasteiger charge is -2.23. The van der Waals surface area contributed by atoms with E-state index in [1.54, 1.807) is 13.3 Å². The minimum atomic E-state index is -0.403. The van der Waals surface area contributed by atoms with Crippen molar-refractivity contribution in [2.45, 2.75) is 38.8 Å². The summed E-state index contributed by atoms with van der Waals surface area (Å²) in [6, 6.07) is -0.179. The quantitative estimate of drug-likeness (QED) is 0.803. The first-order valence-electron chi connectivity index (χ1n) is 4.80. The van der Waals surface area contributed by atoms with Gasteiger partial charge in [0.25, 0.3) is 0 Å². The molecule has 1 heterocycles. The van der Waals surface area contributed by atoms with Gasteiger partial charge in [0.15, 0.2) is 5.76 Å². The third kappa shape index (κ3) is 1.96. The lowest BCUT2D eigenvalue weighted by atomic mass is 10.0. The highest BCUT2D eigenvalue weighted by Gasteiger charge is 2.28. The zero-order valence-corrected chi connectivity index (χ0v) is 9.20. The first-order chi connectivity index (χ1) is 6.53. The lowest BCUT2D eigenvalue weighted by Crippen LogP contribution is -2.22. The van der Waals surface area contributed by atoms with E-state index in [2.05, 4.69) is 4.98 Å². The van der Waals surface area contributed by atoms with Crippen LogP contribution in [0.4, 0.5) is 0 Å². The Hall–Kier alpha value is -0.870. The Morgan fingerprint density at radius 2 is 2.36 bits per heavy atom. The molecule has 0 saturated carbocycles. The predicted molar refractivity (Wildman–Crippen MR) is 53.8 cm³/mol. The number of hydrogen-bond acceptors (Lipinski definition) is 4. The summed E-state index contributed by atoms with van der Waals surface area (Å²) in [6.07, 6.45) is 2.52. The highest BCUT2D eigenvalue weighted by Crippen LogP contribution is 2.29. The van der Waals surface area contributed by atoms with Gasteiger partial charge < -0.3 is 14.9 Å². The number of hydrogen-bond donors (Lipinski definition) is 1. The van der Waals surface area contributed by atoms with Gasteiger partial charge in [0.05, 0.1) is 12.2 Å². The molecule has 0 aliphatic carbocycles. The van der Waals surface area contributed by atoms with Crippen molar-refractivity contribution in [2.24, 2.45) is 5.73 Å². The van der Waals surface area contributed by atoms with Crippen LogP contribution >= 0.6 is 0 Å². The van der Waals surface area contributed by atoms with Crippen LogP contribution in [0, 0.1) is 0 Å². The molecule has 0 amide bonds. The number of oxazole rings is 1. The van der Waals surface area contributed by atoms with Crippen molar-refractivity contribution in [3.63, 3.8) is 0 Å². The van der Waals surface area contributed by atoms with Crippen LogP contribution in [0.5, 0.6) is 0 Å². The summed E-state index contributed by atoms with van der Waals surface area (Å²) in [6.45, 7) is 5.85. The van der Waals surface area contributed by atoms with Gasteiger partial charge in [-0.15, -0.1) is 0 Å². The van der Waals surface area contributed by atoms with Crippen LogP contribution in [0.15, 0.2) is 10.6 Å². The van der Waals surface area contributed by atoms with E-state index in [0.29, 0.717) is 5.89 Å². The second-order valence-corrected chi connectivity index (χ2v) is 3.64. The minimum Gasteiger partial charge on any atom is -0.441 e. The highest BCUT2D eigenvalue weighted by molar-refractivity contribution is 5.06. The monoisotopic (exact) mass is 198 g/mol. The van der Waals surface area contributed by atoms with Crippen molar-refractivity contribution in [1.82, 2.24) is 4.98 Å². The molecule has 0 fully saturated rings. The summed E-state index contributed by atoms with van der Waals surface area (Å²) in [7, 11) is 1.66. The average molecular weight is 198 g/mol. The number of methoxy groups -OCH3 is 1. The molecule has 2 atom stereocenters. The summed E-state index contributed by atoms with van der Waals surface area (Å²) >= 11 is 0. The van der Waals surface area contributed by atoms with Crippen LogP contribution in [0.25, 0.3) is 0 Å². The first-order valence-corrected chi connectivity index (χ1v) is 4.80. The summed E-state index contributed by atoms with van der Waals surface area (Å²) < 4.78 is 10.9. The van der Waals surface area contributed by atoms with E-state index >= 15 is 0 Å². The van der Waals surface area contributed by atoms with Gasteiger partial charge in [0, 0.05) is 7.11 Å². The summed E-state index contributed by atoms with van der Waals surface area (Å²) in [4.78, 5) is 4.11. The van der Waals surface area contributed by atoms with E-state index in [0.717, 1.165) is 12.2 Å². The predicted octanol–water partition coefficient (Wildman–Crippen LogP) is 1.97. The number of aromatic nitrogens is 1. The van der Waals surface area contributed by atoms with E-state index < -0.39 is 5.60 Å². The van der Waals surface area contributed by atoms with Crippen LogP contribution in [0.3, 0.4) is 0 Å². The number of nitrogens with two attached hydrogens (primary N) is 1. The smallest absolute Gasteiger partial charge is 0.211 e. The van der Waals surface area contributed by atoms with Gasteiger partial charge >= 0.3 is 0 Å². The van der Waals surface area contributed by atoms with Crippen LogP contribution in [-0.4, -0.2) is 12.1 Å². The molecule has 0 aliphatic rings. The van der Waals surface area contributed by atoms with Crippen molar-refractivity contribution in [3.8, 4) is 0 Å². The van der Waals surface area contributed by atoms with Gasteiger partial charge in [-0.1, -0.05) is 6.92 Å². The van der Waals surface area contributed by atoms with Gasteiger partial charge in [0.1, 0.15) is 5.60 Å². The highest BCUT2D eigenvalue weighted by atomic mass is 16.5. The molecule has 0 bridgehead atoms. The van der Waals surface area contributed by atoms with Gasteiger partial charge in [-0.2, -0.15) is 0 Å². The Morgan fingerprint density at radius 3 is 2.71 bits per heavy atom. The largest absolute Gasteiger partial charge is 0.441 e. The fourth-order valence-electron chi connectivity index (χ4n) is 1.16. The molecule has 1 aromatic heterocycles. The molecule has 0 aliphatic heterocycles. The Kier molecular flexibility index (Phi) is 3.29. The number of ether oxygens (including phenoxy) is 1. The van der Waals surface area contributed by atoms with Gasteiger partial charge in [0.2, 0.25) is 5.89 Å². The molecule has 14 heavy (non-hydrogen) atoms. The van der Waals surface area contributed by atoms with E-state index in [1.807, 2.05) is 20.8 Å². The molecule has 2 unspecified atom stereocenters. The maximum Gasteiger partial charge on any atom is 0.211 e. The number of rotatable bonds is 4. The third-order valence-corrected chi connectivity index (χ3v) is 2.56. The van der Waals surface area contributed by atoms with Crippen molar-refractivity contribution in [3.05, 3.63) is 17.8 Å². The van der Waals surface area contributed by atoms with Gasteiger partial charge in [-0.3, -0.25) is 0 Å². The van der Waals surface area contributed by atoms with Crippen molar-refractivity contribution in [1.29, 1.82) is 0 Å². The second kappa shape index (κ2) is 4.11. The second-order valence-electron chi connectivity index (χ2n) is 3.64. The summed E-state index contributed by atoms with van der Waals surface area (Å²) in [5.74, 6) is 1.28. The maximum absolute atomic E-state index is 5.66. The van der Waals surface area contributed by atoms with Crippen molar-refractivity contribution in [2.75, 3.05) is 7.11 Å². The summed E-state index contributed by atoms with van der Waals surface area (Å²) in [5, 5.41) is 0. The molecular weight excluding hydrogens is 180 g/mol. The molecule has 80 valence electrons. The molecule has 4 heteroatoms. The molecular formula is C10H18N2O2. The third-order valence-electron chi connectivity index (χ3n) is 2.56. The molecule has 0 radical (unpaired) electrons. The Labute approximate surface area is 84.5 Å². The standard InChI is InChI=1S/C10H18N2O2/c1-5-10(3,13-4)8-6-12-9(14-8)7(2)11/h6-7H,5,11H2,1-4H3. The minimum absolute atomic E-state index is 0.179. The zero-order valence-electron chi connectivity index (χ0n) is 9.20. The van der Waals surface area contributed by atoms with E-state index in [4.69, 9.17) is 14.9 Å². The van der Waals surface area contributed by atoms with Crippen molar-refractivity contribution < 1.29 is 9.15 Å². The average Bonchev–Trinajstić information content (AvgIpc) is 2.66. The maximum atomic E-state index is 5.66.